The number of fused-ring (bicyclic) bond motifs is 1. The number of hydrogen-bond donors (Lipinski definition) is 1. The number of carboxylic acid groups (broad SMARTS) is 1. The number of rotatable bonds is 1. The fourth-order valence-corrected chi connectivity index (χ4v) is 2.59. The van der Waals surface area contributed by atoms with E-state index in [-0.39, 0.29) is 5.92 Å². The maximum atomic E-state index is 10.6. The van der Waals surface area contributed by atoms with E-state index in [0.29, 0.717) is 11.8 Å². The van der Waals surface area contributed by atoms with Crippen molar-refractivity contribution < 1.29 is 9.90 Å². The number of carboxylic acids is 1. The highest BCUT2D eigenvalue weighted by Gasteiger charge is 2.56. The zero-order chi connectivity index (χ0) is 8.01. The molecule has 2 unspecified atom stereocenters. The molecule has 0 spiro atoms. The molecule has 0 heterocycles. The van der Waals surface area contributed by atoms with Crippen LogP contribution in [0.1, 0.15) is 26.2 Å². The minimum absolute atomic E-state index is 0.0277. The molecule has 2 fully saturated rings. The van der Waals surface area contributed by atoms with Gasteiger partial charge in [-0.1, -0.05) is 13.3 Å². The highest BCUT2D eigenvalue weighted by atomic mass is 16.4. The normalized spacial score (nSPS) is 48.1. The summed E-state index contributed by atoms with van der Waals surface area (Å²) >= 11 is 0. The van der Waals surface area contributed by atoms with Gasteiger partial charge in [0.05, 0.1) is 5.92 Å². The van der Waals surface area contributed by atoms with Gasteiger partial charge in [-0.25, -0.2) is 0 Å². The van der Waals surface area contributed by atoms with Crippen molar-refractivity contribution in [2.45, 2.75) is 26.2 Å². The van der Waals surface area contributed by atoms with Crippen molar-refractivity contribution in [2.75, 3.05) is 0 Å². The molecule has 4 atom stereocenters. The van der Waals surface area contributed by atoms with Crippen LogP contribution in [0, 0.1) is 23.7 Å². The summed E-state index contributed by atoms with van der Waals surface area (Å²) in [6, 6.07) is 0. The fourth-order valence-electron chi connectivity index (χ4n) is 2.59. The Balaban J connectivity index is 1.98. The molecule has 0 bridgehead atoms. The van der Waals surface area contributed by atoms with Crippen LogP contribution in [-0.4, -0.2) is 11.1 Å². The molecule has 0 amide bonds. The van der Waals surface area contributed by atoms with E-state index in [1.165, 1.54) is 6.42 Å². The van der Waals surface area contributed by atoms with E-state index in [1.807, 2.05) is 0 Å². The van der Waals surface area contributed by atoms with Crippen molar-refractivity contribution in [3.05, 3.63) is 0 Å². The van der Waals surface area contributed by atoms with Crippen LogP contribution in [0.5, 0.6) is 0 Å². The molecule has 2 saturated carbocycles. The molecule has 0 aromatic rings. The third-order valence-corrected chi connectivity index (χ3v) is 3.28. The summed E-state index contributed by atoms with van der Waals surface area (Å²) in [5, 5.41) is 8.77. The standard InChI is InChI=1S/C9H14O2/c1-5-2-3-6-7(4-5)8(6)9(10)11/h5-8H,2-4H2,1H3,(H,10,11)/t5?,6-,7+,8?/m0/s1. The summed E-state index contributed by atoms with van der Waals surface area (Å²) in [5.41, 5.74) is 0. The lowest BCUT2D eigenvalue weighted by Gasteiger charge is -2.14. The minimum atomic E-state index is -0.561. The van der Waals surface area contributed by atoms with Crippen LogP contribution in [0.25, 0.3) is 0 Å². The molecular weight excluding hydrogens is 140 g/mol. The van der Waals surface area contributed by atoms with E-state index in [9.17, 15) is 4.79 Å². The van der Waals surface area contributed by atoms with Crippen LogP contribution in [-0.2, 0) is 4.79 Å². The van der Waals surface area contributed by atoms with Crippen LogP contribution < -0.4 is 0 Å². The Morgan fingerprint density at radius 1 is 1.36 bits per heavy atom. The van der Waals surface area contributed by atoms with Gasteiger partial charge in [-0.05, 0) is 30.6 Å². The average molecular weight is 154 g/mol. The van der Waals surface area contributed by atoms with E-state index in [4.69, 9.17) is 5.11 Å². The zero-order valence-electron chi connectivity index (χ0n) is 6.79. The predicted molar refractivity (Wildman–Crippen MR) is 41.1 cm³/mol. The molecule has 0 aliphatic heterocycles. The summed E-state index contributed by atoms with van der Waals surface area (Å²) in [6.45, 7) is 2.23. The van der Waals surface area contributed by atoms with Gasteiger partial charge in [0, 0.05) is 0 Å². The van der Waals surface area contributed by atoms with Crippen LogP contribution >= 0.6 is 0 Å². The Labute approximate surface area is 66.6 Å². The minimum Gasteiger partial charge on any atom is -0.481 e. The highest BCUT2D eigenvalue weighted by molar-refractivity contribution is 5.74. The van der Waals surface area contributed by atoms with E-state index in [1.54, 1.807) is 0 Å². The van der Waals surface area contributed by atoms with Gasteiger partial charge < -0.3 is 5.11 Å². The maximum Gasteiger partial charge on any atom is 0.307 e. The maximum absolute atomic E-state index is 10.6. The summed E-state index contributed by atoms with van der Waals surface area (Å²) in [7, 11) is 0. The van der Waals surface area contributed by atoms with Gasteiger partial charge in [-0.2, -0.15) is 0 Å². The zero-order valence-corrected chi connectivity index (χ0v) is 6.79. The van der Waals surface area contributed by atoms with Gasteiger partial charge in [0.2, 0.25) is 0 Å². The Bertz CT molecular complexity index is 188. The molecule has 0 saturated heterocycles. The van der Waals surface area contributed by atoms with Crippen molar-refractivity contribution in [1.82, 2.24) is 0 Å². The van der Waals surface area contributed by atoms with Gasteiger partial charge in [0.25, 0.3) is 0 Å². The Kier molecular flexibility index (Phi) is 1.44. The van der Waals surface area contributed by atoms with Crippen molar-refractivity contribution in [1.29, 1.82) is 0 Å². The molecule has 0 aromatic carbocycles. The van der Waals surface area contributed by atoms with Crippen molar-refractivity contribution >= 4 is 5.97 Å². The predicted octanol–water partition coefficient (Wildman–Crippen LogP) is 1.75. The fraction of sp³-hybridized carbons (Fsp3) is 0.889. The van der Waals surface area contributed by atoms with Crippen molar-refractivity contribution in [2.24, 2.45) is 23.7 Å². The molecular formula is C9H14O2. The summed E-state index contributed by atoms with van der Waals surface area (Å²) in [4.78, 5) is 10.6. The molecule has 62 valence electrons. The first-order valence-electron chi connectivity index (χ1n) is 4.43. The second kappa shape index (κ2) is 2.23. The van der Waals surface area contributed by atoms with Crippen molar-refractivity contribution in [3.8, 4) is 0 Å². The number of carbonyl (C=O) groups is 1. The second-order valence-corrected chi connectivity index (χ2v) is 4.11. The van der Waals surface area contributed by atoms with E-state index in [2.05, 4.69) is 6.92 Å². The first-order chi connectivity index (χ1) is 5.20. The van der Waals surface area contributed by atoms with Gasteiger partial charge in [0.15, 0.2) is 0 Å². The Hall–Kier alpha value is -0.530. The van der Waals surface area contributed by atoms with Crippen LogP contribution in [0.2, 0.25) is 0 Å². The molecule has 2 aliphatic carbocycles. The van der Waals surface area contributed by atoms with Crippen molar-refractivity contribution in [3.63, 3.8) is 0 Å². The van der Waals surface area contributed by atoms with Gasteiger partial charge in [0.1, 0.15) is 0 Å². The van der Waals surface area contributed by atoms with E-state index in [0.717, 1.165) is 18.8 Å². The molecule has 1 N–H and O–H groups in total. The summed E-state index contributed by atoms with van der Waals surface area (Å²) in [5.74, 6) is 1.31. The molecule has 0 radical (unpaired) electrons. The molecule has 2 nitrogen and oxygen atoms in total. The number of hydrogen-bond acceptors (Lipinski definition) is 1. The molecule has 2 heteroatoms. The third-order valence-electron chi connectivity index (χ3n) is 3.28. The average Bonchev–Trinajstić information content (AvgIpc) is 2.60. The Morgan fingerprint density at radius 2 is 2.09 bits per heavy atom. The Morgan fingerprint density at radius 3 is 2.64 bits per heavy atom. The second-order valence-electron chi connectivity index (χ2n) is 4.11. The van der Waals surface area contributed by atoms with Crippen LogP contribution in [0.15, 0.2) is 0 Å². The largest absolute Gasteiger partial charge is 0.481 e. The molecule has 11 heavy (non-hydrogen) atoms. The summed E-state index contributed by atoms with van der Waals surface area (Å²) in [6.07, 6.45) is 3.55. The smallest absolute Gasteiger partial charge is 0.307 e. The first kappa shape index (κ1) is 7.14. The topological polar surface area (TPSA) is 37.3 Å². The molecule has 0 aromatic heterocycles. The monoisotopic (exact) mass is 154 g/mol. The third kappa shape index (κ3) is 1.05. The summed E-state index contributed by atoms with van der Waals surface area (Å²) < 4.78 is 0. The number of aliphatic carboxylic acids is 1. The highest BCUT2D eigenvalue weighted by Crippen LogP contribution is 2.56. The lowest BCUT2D eigenvalue weighted by atomic mass is 9.91. The first-order valence-corrected chi connectivity index (χ1v) is 4.43. The lowest BCUT2D eigenvalue weighted by Crippen LogP contribution is -2.03. The molecule has 2 rings (SSSR count). The molecule has 2 aliphatic rings. The lowest BCUT2D eigenvalue weighted by molar-refractivity contribution is -0.139. The van der Waals surface area contributed by atoms with Gasteiger partial charge in [-0.15, -0.1) is 0 Å². The van der Waals surface area contributed by atoms with E-state index < -0.39 is 5.97 Å². The quantitative estimate of drug-likeness (QED) is 0.624. The van der Waals surface area contributed by atoms with Gasteiger partial charge in [-0.3, -0.25) is 4.79 Å². The van der Waals surface area contributed by atoms with Crippen LogP contribution in [0.4, 0.5) is 0 Å². The van der Waals surface area contributed by atoms with E-state index >= 15 is 0 Å². The van der Waals surface area contributed by atoms with Gasteiger partial charge >= 0.3 is 5.97 Å². The SMILES string of the molecule is CC1CC[C@@H]2C(C(=O)O)[C@@H]2C1. The van der Waals surface area contributed by atoms with Crippen LogP contribution in [0.3, 0.4) is 0 Å².